The maximum atomic E-state index is 2.53. The third kappa shape index (κ3) is 3.13. The summed E-state index contributed by atoms with van der Waals surface area (Å²) in [6.45, 7) is 2.27. The van der Waals surface area contributed by atoms with Crippen LogP contribution in [0.1, 0.15) is 34.2 Å². The molecule has 0 amide bonds. The van der Waals surface area contributed by atoms with Gasteiger partial charge in [0.25, 0.3) is 0 Å². The molecule has 1 heteroatoms. The molecule has 0 bridgehead atoms. The Morgan fingerprint density at radius 1 is 0.575 bits per heavy atom. The molecule has 0 aliphatic heterocycles. The van der Waals surface area contributed by atoms with Crippen LogP contribution in [0.4, 0.5) is 0 Å². The summed E-state index contributed by atoms with van der Waals surface area (Å²) >= 11 is 2.00. The Kier molecular flexibility index (Phi) is 4.75. The van der Waals surface area contributed by atoms with E-state index in [9.17, 15) is 0 Å². The molecule has 2 aliphatic rings. The molecule has 1 heterocycles. The zero-order chi connectivity index (χ0) is 26.4. The van der Waals surface area contributed by atoms with Crippen LogP contribution >= 0.6 is 11.3 Å². The molecule has 7 aromatic rings. The van der Waals surface area contributed by atoms with Gasteiger partial charge in [0.05, 0.1) is 0 Å². The minimum Gasteiger partial charge on any atom is -0.134 e. The lowest BCUT2D eigenvalue weighted by atomic mass is 9.88. The highest BCUT2D eigenvalue weighted by Gasteiger charge is 2.26. The first kappa shape index (κ1) is 22.6. The normalized spacial score (nSPS) is 13.7. The molecular formula is C39H28S. The predicted octanol–water partition coefficient (Wildman–Crippen LogP) is 10.9. The first-order chi connectivity index (χ1) is 19.7. The number of aryl methyl sites for hydroxylation is 2. The average Bonchev–Trinajstić information content (AvgIpc) is 3.70. The summed E-state index contributed by atoms with van der Waals surface area (Å²) in [7, 11) is 0. The van der Waals surface area contributed by atoms with Crippen molar-refractivity contribution >= 4 is 42.3 Å². The lowest BCUT2D eigenvalue weighted by Gasteiger charge is -2.15. The van der Waals surface area contributed by atoms with Crippen LogP contribution in [0.25, 0.3) is 64.3 Å². The molecule has 40 heavy (non-hydrogen) atoms. The van der Waals surface area contributed by atoms with Gasteiger partial charge < -0.3 is 0 Å². The van der Waals surface area contributed by atoms with Crippen LogP contribution < -0.4 is 0 Å². The molecule has 1 aromatic heterocycles. The average molecular weight is 529 g/mol. The lowest BCUT2D eigenvalue weighted by molar-refractivity contribution is 0.912. The summed E-state index contributed by atoms with van der Waals surface area (Å²) in [6, 6.07) is 39.0. The van der Waals surface area contributed by atoms with Crippen LogP contribution in [0.2, 0.25) is 0 Å². The summed E-state index contributed by atoms with van der Waals surface area (Å²) in [5.74, 6) is 0. The second-order valence-corrected chi connectivity index (χ2v) is 12.7. The van der Waals surface area contributed by atoms with E-state index in [0.717, 1.165) is 6.42 Å². The molecule has 2 aliphatic carbocycles. The molecule has 0 radical (unpaired) electrons. The topological polar surface area (TPSA) is 0 Å². The van der Waals surface area contributed by atoms with Crippen LogP contribution in [-0.2, 0) is 19.3 Å². The van der Waals surface area contributed by atoms with Crippen LogP contribution in [-0.4, -0.2) is 0 Å². The second kappa shape index (κ2) is 8.40. The van der Waals surface area contributed by atoms with E-state index >= 15 is 0 Å². The molecule has 0 fully saturated rings. The Labute approximate surface area is 238 Å². The van der Waals surface area contributed by atoms with E-state index < -0.39 is 0 Å². The SMILES string of the molecule is Cc1cc(-c2cccc3c2Cc2ccccc2-3)c2sc3cc4c(c(-c5cccc6ccccc56)c3c2c1)CCC4. The Hall–Kier alpha value is -4.20. The largest absolute Gasteiger partial charge is 0.134 e. The van der Waals surface area contributed by atoms with Gasteiger partial charge in [-0.3, -0.25) is 0 Å². The third-order valence-electron chi connectivity index (χ3n) is 9.28. The monoisotopic (exact) mass is 528 g/mol. The van der Waals surface area contributed by atoms with Gasteiger partial charge in [-0.1, -0.05) is 84.9 Å². The smallest absolute Gasteiger partial charge is 0.0434 e. The maximum Gasteiger partial charge on any atom is 0.0434 e. The highest BCUT2D eigenvalue weighted by Crippen LogP contribution is 2.50. The highest BCUT2D eigenvalue weighted by molar-refractivity contribution is 7.26. The van der Waals surface area contributed by atoms with Gasteiger partial charge in [0.15, 0.2) is 0 Å². The zero-order valence-corrected chi connectivity index (χ0v) is 23.4. The molecule has 0 saturated heterocycles. The number of rotatable bonds is 2. The van der Waals surface area contributed by atoms with Crippen molar-refractivity contribution in [2.45, 2.75) is 32.6 Å². The Balaban J connectivity index is 1.38. The van der Waals surface area contributed by atoms with Gasteiger partial charge in [-0.05, 0) is 117 Å². The van der Waals surface area contributed by atoms with Gasteiger partial charge in [-0.2, -0.15) is 0 Å². The van der Waals surface area contributed by atoms with Gasteiger partial charge in [0.2, 0.25) is 0 Å². The Bertz CT molecular complexity index is 2170. The Morgan fingerprint density at radius 2 is 1.32 bits per heavy atom. The molecule has 190 valence electrons. The summed E-state index contributed by atoms with van der Waals surface area (Å²) in [4.78, 5) is 0. The summed E-state index contributed by atoms with van der Waals surface area (Å²) in [5.41, 5.74) is 15.8. The minimum absolute atomic E-state index is 1.01. The molecule has 0 unspecified atom stereocenters. The van der Waals surface area contributed by atoms with Gasteiger partial charge in [0.1, 0.15) is 0 Å². The van der Waals surface area contributed by atoms with Gasteiger partial charge in [-0.25, -0.2) is 0 Å². The molecule has 6 aromatic carbocycles. The maximum absolute atomic E-state index is 2.53. The van der Waals surface area contributed by atoms with Gasteiger partial charge in [0, 0.05) is 25.7 Å². The van der Waals surface area contributed by atoms with Crippen LogP contribution in [0.15, 0.2) is 103 Å². The van der Waals surface area contributed by atoms with Crippen molar-refractivity contribution in [1.29, 1.82) is 0 Å². The van der Waals surface area contributed by atoms with E-state index in [1.165, 1.54) is 100 Å². The summed E-state index contributed by atoms with van der Waals surface area (Å²) < 4.78 is 2.86. The quantitative estimate of drug-likeness (QED) is 0.209. The van der Waals surface area contributed by atoms with E-state index in [1.807, 2.05) is 11.3 Å². The highest BCUT2D eigenvalue weighted by atomic mass is 32.1. The zero-order valence-electron chi connectivity index (χ0n) is 22.6. The first-order valence-corrected chi connectivity index (χ1v) is 15.3. The van der Waals surface area contributed by atoms with Crippen molar-refractivity contribution in [1.82, 2.24) is 0 Å². The Morgan fingerprint density at radius 3 is 2.27 bits per heavy atom. The van der Waals surface area contributed by atoms with E-state index in [1.54, 1.807) is 11.1 Å². The molecule has 0 atom stereocenters. The second-order valence-electron chi connectivity index (χ2n) is 11.6. The molecule has 0 nitrogen and oxygen atoms in total. The lowest BCUT2D eigenvalue weighted by Crippen LogP contribution is -1.92. The van der Waals surface area contributed by atoms with Crippen LogP contribution in [0.3, 0.4) is 0 Å². The van der Waals surface area contributed by atoms with Crippen molar-refractivity contribution in [2.75, 3.05) is 0 Å². The number of thiophene rings is 1. The van der Waals surface area contributed by atoms with Gasteiger partial charge >= 0.3 is 0 Å². The van der Waals surface area contributed by atoms with Crippen molar-refractivity contribution < 1.29 is 0 Å². The number of hydrogen-bond donors (Lipinski definition) is 0. The van der Waals surface area contributed by atoms with E-state index in [0.29, 0.717) is 0 Å². The first-order valence-electron chi connectivity index (χ1n) is 14.4. The van der Waals surface area contributed by atoms with Crippen molar-refractivity contribution in [2.24, 2.45) is 0 Å². The standard InChI is InChI=1S/C39H28S/c1-23-19-34(31-17-8-16-30-28-14-5-3-10-25(28)21-33(30)31)39-35(20-23)38-36(40-39)22-26-12-7-15-29(26)37(38)32-18-6-11-24-9-2-4-13-27(24)32/h2-6,8-11,13-14,16-20,22H,7,12,15,21H2,1H3. The third-order valence-corrected chi connectivity index (χ3v) is 10.5. The molecule has 0 spiro atoms. The van der Waals surface area contributed by atoms with E-state index in [-0.39, 0.29) is 0 Å². The van der Waals surface area contributed by atoms with Crippen molar-refractivity contribution in [3.63, 3.8) is 0 Å². The molecule has 0 N–H and O–H groups in total. The van der Waals surface area contributed by atoms with Crippen molar-refractivity contribution in [3.05, 3.63) is 131 Å². The number of fused-ring (bicyclic) bond motifs is 8. The summed E-state index contributed by atoms with van der Waals surface area (Å²) in [5, 5.41) is 5.55. The summed E-state index contributed by atoms with van der Waals surface area (Å²) in [6.07, 6.45) is 4.62. The molecular weight excluding hydrogens is 500 g/mol. The van der Waals surface area contributed by atoms with E-state index in [2.05, 4.69) is 110 Å². The number of hydrogen-bond acceptors (Lipinski definition) is 1. The van der Waals surface area contributed by atoms with Gasteiger partial charge in [-0.15, -0.1) is 11.3 Å². The molecule has 0 saturated carbocycles. The fourth-order valence-corrected chi connectivity index (χ4v) is 8.88. The van der Waals surface area contributed by atoms with Crippen molar-refractivity contribution in [3.8, 4) is 33.4 Å². The predicted molar refractivity (Wildman–Crippen MR) is 173 cm³/mol. The minimum atomic E-state index is 1.01. The molecule has 9 rings (SSSR count). The van der Waals surface area contributed by atoms with Crippen LogP contribution in [0, 0.1) is 6.92 Å². The number of benzene rings is 6. The van der Waals surface area contributed by atoms with E-state index in [4.69, 9.17) is 0 Å². The van der Waals surface area contributed by atoms with Crippen LogP contribution in [0.5, 0.6) is 0 Å². The fourth-order valence-electron chi connectivity index (χ4n) is 7.59. The fraction of sp³-hybridized carbons (Fsp3) is 0.128.